The van der Waals surface area contributed by atoms with Crippen molar-refractivity contribution in [2.24, 2.45) is 0 Å². The maximum absolute atomic E-state index is 8.98. The van der Waals surface area contributed by atoms with Crippen LogP contribution in [0.5, 0.6) is 0 Å². The summed E-state index contributed by atoms with van der Waals surface area (Å²) in [6.45, 7) is 4.95. The van der Waals surface area contributed by atoms with Crippen LogP contribution in [0.2, 0.25) is 0 Å². The van der Waals surface area contributed by atoms with Crippen LogP contribution >= 0.6 is 12.6 Å². The molecule has 106 valence electrons. The molecule has 0 saturated carbocycles. The molecule has 0 unspecified atom stereocenters. The molecule has 1 aliphatic heterocycles. The zero-order chi connectivity index (χ0) is 14.3. The normalized spacial score (nSPS) is 17.8. The summed E-state index contributed by atoms with van der Waals surface area (Å²) in [7, 11) is 0. The first-order chi connectivity index (χ1) is 9.14. The summed E-state index contributed by atoms with van der Waals surface area (Å²) < 4.78 is 11.1. The molecule has 5 heteroatoms. The van der Waals surface area contributed by atoms with E-state index in [1.54, 1.807) is 6.26 Å². The highest BCUT2D eigenvalue weighted by atomic mass is 32.1. The zero-order valence-electron chi connectivity index (χ0n) is 11.6. The monoisotopic (exact) mass is 283 g/mol. The Kier molecular flexibility index (Phi) is 6.51. The van der Waals surface area contributed by atoms with E-state index in [4.69, 9.17) is 14.6 Å². The quantitative estimate of drug-likeness (QED) is 0.835. The van der Waals surface area contributed by atoms with Crippen molar-refractivity contribution in [3.63, 3.8) is 0 Å². The number of ether oxygens (including phenoxy) is 2. The lowest BCUT2D eigenvalue weighted by Gasteiger charge is -2.21. The molecule has 0 bridgehead atoms. The molecule has 2 rings (SSSR count). The Morgan fingerprint density at radius 2 is 2.05 bits per heavy atom. The molecule has 1 aromatic heterocycles. The third kappa shape index (κ3) is 4.31. The minimum atomic E-state index is -0.739. The maximum Gasteiger partial charge on any atom is 0.209 e. The van der Waals surface area contributed by atoms with Crippen LogP contribution in [0.3, 0.4) is 0 Å². The third-order valence-corrected chi connectivity index (χ3v) is 2.72. The van der Waals surface area contributed by atoms with Gasteiger partial charge in [-0.15, -0.1) is 0 Å². The van der Waals surface area contributed by atoms with Gasteiger partial charge in [-0.3, -0.25) is 0 Å². The number of hydrogen-bond donors (Lipinski definition) is 2. The molecule has 1 fully saturated rings. The number of pyridine rings is 1. The number of thiol groups is 1. The summed E-state index contributed by atoms with van der Waals surface area (Å²) in [4.78, 5) is 4.48. The predicted octanol–water partition coefficient (Wildman–Crippen LogP) is 2.24. The Bertz CT molecular complexity index is 428. The van der Waals surface area contributed by atoms with Crippen molar-refractivity contribution >= 4 is 18.7 Å². The van der Waals surface area contributed by atoms with E-state index in [0.29, 0.717) is 13.2 Å². The van der Waals surface area contributed by atoms with Gasteiger partial charge in [-0.1, -0.05) is 6.07 Å². The predicted molar refractivity (Wildman–Crippen MR) is 79.1 cm³/mol. The summed E-state index contributed by atoms with van der Waals surface area (Å²) in [5.74, 6) is -0.739. The molecular formula is C14H21NO3S. The maximum atomic E-state index is 8.98. The van der Waals surface area contributed by atoms with Gasteiger partial charge < -0.3 is 14.6 Å². The van der Waals surface area contributed by atoms with E-state index in [2.05, 4.69) is 17.6 Å². The zero-order valence-corrected chi connectivity index (χ0v) is 12.5. The standard InChI is InChI=1S/C13H17NO3.CH4S/c1-10(9-15)8-11-4-3-5-12(14-11)13(2)16-6-7-17-13;1-2/h3-5,8,15H,6-7,9H2,1-2H3;2H,1H3/b10-8+;. The molecule has 1 N–H and O–H groups in total. The van der Waals surface area contributed by atoms with Crippen LogP contribution < -0.4 is 0 Å². The average Bonchev–Trinajstić information content (AvgIpc) is 2.89. The van der Waals surface area contributed by atoms with Crippen LogP contribution in [0, 0.1) is 0 Å². The number of aliphatic hydroxyl groups excluding tert-OH is 1. The molecule has 0 radical (unpaired) electrons. The highest BCUT2D eigenvalue weighted by Crippen LogP contribution is 2.29. The summed E-state index contributed by atoms with van der Waals surface area (Å²) in [5.41, 5.74) is 2.43. The molecule has 1 aromatic rings. The summed E-state index contributed by atoms with van der Waals surface area (Å²) in [6.07, 6.45) is 3.54. The van der Waals surface area contributed by atoms with Crippen molar-refractivity contribution < 1.29 is 14.6 Å². The van der Waals surface area contributed by atoms with Crippen molar-refractivity contribution in [1.29, 1.82) is 0 Å². The second-order valence-corrected chi connectivity index (χ2v) is 4.24. The highest BCUT2D eigenvalue weighted by molar-refractivity contribution is 7.79. The average molecular weight is 283 g/mol. The molecule has 19 heavy (non-hydrogen) atoms. The number of hydrogen-bond acceptors (Lipinski definition) is 5. The second-order valence-electron chi connectivity index (χ2n) is 4.24. The van der Waals surface area contributed by atoms with Crippen molar-refractivity contribution in [2.45, 2.75) is 19.6 Å². The minimum absolute atomic E-state index is 0.0379. The molecule has 0 aromatic carbocycles. The summed E-state index contributed by atoms with van der Waals surface area (Å²) in [5, 5.41) is 8.98. The van der Waals surface area contributed by atoms with Gasteiger partial charge in [0.15, 0.2) is 0 Å². The lowest BCUT2D eigenvalue weighted by Crippen LogP contribution is -2.24. The molecule has 0 atom stereocenters. The van der Waals surface area contributed by atoms with Crippen molar-refractivity contribution in [2.75, 3.05) is 26.1 Å². The second kappa shape index (κ2) is 7.65. The van der Waals surface area contributed by atoms with Gasteiger partial charge in [-0.25, -0.2) is 4.98 Å². The van der Waals surface area contributed by atoms with E-state index in [0.717, 1.165) is 17.0 Å². The van der Waals surface area contributed by atoms with Gasteiger partial charge in [0, 0.05) is 0 Å². The van der Waals surface area contributed by atoms with E-state index in [-0.39, 0.29) is 6.61 Å². The van der Waals surface area contributed by atoms with Crippen LogP contribution in [0.15, 0.2) is 23.8 Å². The topological polar surface area (TPSA) is 51.6 Å². The fourth-order valence-electron chi connectivity index (χ4n) is 1.75. The van der Waals surface area contributed by atoms with Crippen LogP contribution in [-0.4, -0.2) is 36.2 Å². The van der Waals surface area contributed by atoms with E-state index < -0.39 is 5.79 Å². The molecule has 1 saturated heterocycles. The number of aliphatic hydroxyl groups is 1. The Labute approximate surface area is 119 Å². The smallest absolute Gasteiger partial charge is 0.209 e. The molecular weight excluding hydrogens is 262 g/mol. The van der Waals surface area contributed by atoms with E-state index >= 15 is 0 Å². The number of rotatable bonds is 3. The first-order valence-corrected chi connectivity index (χ1v) is 7.02. The van der Waals surface area contributed by atoms with Crippen LogP contribution in [0.4, 0.5) is 0 Å². The van der Waals surface area contributed by atoms with Crippen molar-refractivity contribution in [1.82, 2.24) is 4.98 Å². The number of nitrogens with zero attached hydrogens (tertiary/aromatic N) is 1. The number of aromatic nitrogens is 1. The van der Waals surface area contributed by atoms with Gasteiger partial charge in [0.25, 0.3) is 0 Å². The van der Waals surface area contributed by atoms with Crippen LogP contribution in [-0.2, 0) is 15.3 Å². The van der Waals surface area contributed by atoms with E-state index in [1.807, 2.05) is 38.1 Å². The molecule has 0 spiro atoms. The third-order valence-electron chi connectivity index (χ3n) is 2.72. The summed E-state index contributed by atoms with van der Waals surface area (Å²) in [6, 6.07) is 5.69. The van der Waals surface area contributed by atoms with Gasteiger partial charge >= 0.3 is 0 Å². The van der Waals surface area contributed by atoms with Gasteiger partial charge in [0.1, 0.15) is 0 Å². The largest absolute Gasteiger partial charge is 0.392 e. The molecule has 0 aliphatic carbocycles. The molecule has 2 heterocycles. The lowest BCUT2D eigenvalue weighted by atomic mass is 10.1. The van der Waals surface area contributed by atoms with Gasteiger partial charge in [-0.05, 0) is 43.9 Å². The Balaban J connectivity index is 0.000000861. The Hall–Kier alpha value is -0.880. The van der Waals surface area contributed by atoms with Crippen LogP contribution in [0.1, 0.15) is 25.2 Å². The van der Waals surface area contributed by atoms with Gasteiger partial charge in [-0.2, -0.15) is 12.6 Å². The Morgan fingerprint density at radius 3 is 2.63 bits per heavy atom. The first kappa shape index (κ1) is 16.2. The van der Waals surface area contributed by atoms with Crippen molar-refractivity contribution in [3.8, 4) is 0 Å². The molecule has 0 amide bonds. The Morgan fingerprint density at radius 1 is 1.42 bits per heavy atom. The lowest BCUT2D eigenvalue weighted by molar-refractivity contribution is -0.152. The SMILES string of the molecule is C/C(=C\c1cccc(C2(C)OCCO2)n1)CO.CS. The fraction of sp³-hybridized carbons (Fsp3) is 0.500. The van der Waals surface area contributed by atoms with Crippen LogP contribution in [0.25, 0.3) is 6.08 Å². The van der Waals surface area contributed by atoms with E-state index in [1.165, 1.54) is 0 Å². The first-order valence-electron chi connectivity index (χ1n) is 6.12. The molecule has 4 nitrogen and oxygen atoms in total. The highest BCUT2D eigenvalue weighted by Gasteiger charge is 2.34. The van der Waals surface area contributed by atoms with E-state index in [9.17, 15) is 0 Å². The molecule has 1 aliphatic rings. The minimum Gasteiger partial charge on any atom is -0.392 e. The van der Waals surface area contributed by atoms with Crippen molar-refractivity contribution in [3.05, 3.63) is 35.2 Å². The summed E-state index contributed by atoms with van der Waals surface area (Å²) >= 11 is 3.53. The van der Waals surface area contributed by atoms with Gasteiger partial charge in [0.2, 0.25) is 5.79 Å². The fourth-order valence-corrected chi connectivity index (χ4v) is 1.75. The van der Waals surface area contributed by atoms with Gasteiger partial charge in [0.05, 0.1) is 31.2 Å².